The van der Waals surface area contributed by atoms with Gasteiger partial charge < -0.3 is 10.1 Å². The first kappa shape index (κ1) is 14.9. The van der Waals surface area contributed by atoms with Gasteiger partial charge in [0.1, 0.15) is 5.75 Å². The van der Waals surface area contributed by atoms with E-state index in [1.807, 2.05) is 18.2 Å². The first-order valence-corrected chi connectivity index (χ1v) is 7.20. The number of ether oxygens (including phenoxy) is 1. The number of hydrogen-bond acceptors (Lipinski definition) is 4. The van der Waals surface area contributed by atoms with Crippen molar-refractivity contribution < 1.29 is 4.74 Å². The molecule has 0 bridgehead atoms. The third kappa shape index (κ3) is 4.90. The molecular weight excluding hydrogens is 318 g/mol. The van der Waals surface area contributed by atoms with E-state index in [4.69, 9.17) is 4.74 Å². The Kier molecular flexibility index (Phi) is 4.73. The van der Waals surface area contributed by atoms with E-state index in [1.54, 1.807) is 18.6 Å². The summed E-state index contributed by atoms with van der Waals surface area (Å²) in [5, 5.41) is 3.44. The number of halogens is 1. The second-order valence-electron chi connectivity index (χ2n) is 5.55. The van der Waals surface area contributed by atoms with Gasteiger partial charge in [0.05, 0.1) is 6.20 Å². The van der Waals surface area contributed by atoms with Crippen molar-refractivity contribution in [3.05, 3.63) is 46.8 Å². The van der Waals surface area contributed by atoms with Gasteiger partial charge in [-0.1, -0.05) is 0 Å². The molecule has 2 heterocycles. The lowest BCUT2D eigenvalue weighted by atomic mass is 10.1. The summed E-state index contributed by atoms with van der Waals surface area (Å²) in [5.74, 6) is 1.23. The van der Waals surface area contributed by atoms with Gasteiger partial charge in [-0.15, -0.1) is 0 Å². The molecule has 0 saturated carbocycles. The molecule has 20 heavy (non-hydrogen) atoms. The van der Waals surface area contributed by atoms with Crippen LogP contribution in [0.25, 0.3) is 0 Å². The maximum absolute atomic E-state index is 5.70. The van der Waals surface area contributed by atoms with E-state index in [2.05, 4.69) is 52.0 Å². The van der Waals surface area contributed by atoms with Crippen LogP contribution in [0.1, 0.15) is 26.3 Å². The molecule has 0 fully saturated rings. The molecule has 0 atom stereocenters. The minimum Gasteiger partial charge on any atom is -0.437 e. The van der Waals surface area contributed by atoms with Gasteiger partial charge in [-0.2, -0.15) is 0 Å². The van der Waals surface area contributed by atoms with Gasteiger partial charge >= 0.3 is 0 Å². The molecule has 106 valence electrons. The summed E-state index contributed by atoms with van der Waals surface area (Å²) >= 11 is 3.36. The Balaban J connectivity index is 2.06. The molecular formula is C15H18BrN3O. The number of hydrogen-bond donors (Lipinski definition) is 1. The van der Waals surface area contributed by atoms with E-state index in [1.165, 1.54) is 0 Å². The topological polar surface area (TPSA) is 47.0 Å². The van der Waals surface area contributed by atoms with Gasteiger partial charge in [0.25, 0.3) is 0 Å². The number of pyridine rings is 2. The lowest BCUT2D eigenvalue weighted by Gasteiger charge is -2.20. The van der Waals surface area contributed by atoms with Crippen molar-refractivity contribution in [3.63, 3.8) is 0 Å². The van der Waals surface area contributed by atoms with Gasteiger partial charge in [0.15, 0.2) is 0 Å². The van der Waals surface area contributed by atoms with Gasteiger partial charge in [-0.05, 0) is 54.4 Å². The highest BCUT2D eigenvalue weighted by molar-refractivity contribution is 9.10. The Morgan fingerprint density at radius 2 is 2.05 bits per heavy atom. The van der Waals surface area contributed by atoms with Crippen molar-refractivity contribution in [1.82, 2.24) is 15.3 Å². The van der Waals surface area contributed by atoms with Gasteiger partial charge in [-0.25, -0.2) is 4.98 Å². The van der Waals surface area contributed by atoms with E-state index in [0.29, 0.717) is 11.6 Å². The first-order chi connectivity index (χ1) is 9.42. The molecule has 0 aliphatic heterocycles. The normalized spacial score (nSPS) is 11.4. The summed E-state index contributed by atoms with van der Waals surface area (Å²) in [6.07, 6.45) is 5.12. The third-order valence-corrected chi connectivity index (χ3v) is 2.96. The lowest BCUT2D eigenvalue weighted by Crippen LogP contribution is -2.35. The lowest BCUT2D eigenvalue weighted by molar-refractivity contribution is 0.421. The van der Waals surface area contributed by atoms with E-state index >= 15 is 0 Å². The van der Waals surface area contributed by atoms with Gasteiger partial charge in [0.2, 0.25) is 5.88 Å². The third-order valence-electron chi connectivity index (χ3n) is 2.52. The zero-order valence-electron chi connectivity index (χ0n) is 11.9. The Labute approximate surface area is 127 Å². The van der Waals surface area contributed by atoms with Crippen LogP contribution in [0.15, 0.2) is 41.3 Å². The summed E-state index contributed by atoms with van der Waals surface area (Å²) < 4.78 is 6.58. The van der Waals surface area contributed by atoms with E-state index < -0.39 is 0 Å². The zero-order chi connectivity index (χ0) is 14.6. The van der Waals surface area contributed by atoms with Gasteiger partial charge in [-0.3, -0.25) is 4.98 Å². The zero-order valence-corrected chi connectivity index (χ0v) is 13.4. The molecule has 0 unspecified atom stereocenters. The molecule has 1 N–H and O–H groups in total. The maximum atomic E-state index is 5.70. The van der Waals surface area contributed by atoms with Crippen LogP contribution in [-0.4, -0.2) is 15.5 Å². The highest BCUT2D eigenvalue weighted by Gasteiger charge is 2.09. The fourth-order valence-corrected chi connectivity index (χ4v) is 1.90. The fraction of sp³-hybridized carbons (Fsp3) is 0.333. The number of nitrogens with zero attached hydrogens (tertiary/aromatic N) is 2. The summed E-state index contributed by atoms with van der Waals surface area (Å²) in [4.78, 5) is 8.28. The number of nitrogens with one attached hydrogen (secondary N) is 1. The predicted molar refractivity (Wildman–Crippen MR) is 82.8 cm³/mol. The van der Waals surface area contributed by atoms with Crippen molar-refractivity contribution in [1.29, 1.82) is 0 Å². The highest BCUT2D eigenvalue weighted by Crippen LogP contribution is 2.22. The van der Waals surface area contributed by atoms with Crippen molar-refractivity contribution in [2.75, 3.05) is 0 Å². The van der Waals surface area contributed by atoms with Crippen LogP contribution in [0.4, 0.5) is 0 Å². The summed E-state index contributed by atoms with van der Waals surface area (Å²) in [6, 6.07) is 5.76. The van der Waals surface area contributed by atoms with Crippen molar-refractivity contribution >= 4 is 15.9 Å². The monoisotopic (exact) mass is 335 g/mol. The van der Waals surface area contributed by atoms with Crippen LogP contribution in [-0.2, 0) is 6.54 Å². The molecule has 5 heteroatoms. The second kappa shape index (κ2) is 6.33. The summed E-state index contributed by atoms with van der Waals surface area (Å²) in [5.41, 5.74) is 1.21. The number of aromatic nitrogens is 2. The Morgan fingerprint density at radius 1 is 1.25 bits per heavy atom. The van der Waals surface area contributed by atoms with Crippen LogP contribution in [0.3, 0.4) is 0 Å². The Hall–Kier alpha value is -1.46. The fourth-order valence-electron chi connectivity index (χ4n) is 1.55. The molecule has 2 aromatic heterocycles. The Bertz CT molecular complexity index is 581. The van der Waals surface area contributed by atoms with Crippen LogP contribution in [0.5, 0.6) is 11.6 Å². The molecule has 0 aliphatic rings. The molecule has 4 nitrogen and oxygen atoms in total. The van der Waals surface area contributed by atoms with Crippen LogP contribution in [0, 0.1) is 0 Å². The maximum Gasteiger partial charge on any atom is 0.219 e. The minimum absolute atomic E-state index is 0.0818. The van der Waals surface area contributed by atoms with Gasteiger partial charge in [0, 0.05) is 35.0 Å². The van der Waals surface area contributed by atoms with Crippen molar-refractivity contribution in [2.24, 2.45) is 0 Å². The summed E-state index contributed by atoms with van der Waals surface area (Å²) in [7, 11) is 0. The average Bonchev–Trinajstić information content (AvgIpc) is 2.36. The second-order valence-corrected chi connectivity index (χ2v) is 6.46. The molecule has 0 spiro atoms. The van der Waals surface area contributed by atoms with Crippen molar-refractivity contribution in [3.8, 4) is 11.6 Å². The smallest absolute Gasteiger partial charge is 0.219 e. The minimum atomic E-state index is 0.0818. The quantitative estimate of drug-likeness (QED) is 0.919. The molecule has 0 aromatic carbocycles. The summed E-state index contributed by atoms with van der Waals surface area (Å²) in [6.45, 7) is 7.19. The van der Waals surface area contributed by atoms with Crippen LogP contribution >= 0.6 is 15.9 Å². The highest BCUT2D eigenvalue weighted by atomic mass is 79.9. The molecule has 2 aromatic rings. The standard InChI is InChI=1S/C15H18BrN3O/c1-15(2,3)19-8-11-4-5-18-14(6-11)20-13-7-12(16)9-17-10-13/h4-7,9-10,19H,8H2,1-3H3. The van der Waals surface area contributed by atoms with E-state index in [9.17, 15) is 0 Å². The Morgan fingerprint density at radius 3 is 2.75 bits per heavy atom. The first-order valence-electron chi connectivity index (χ1n) is 6.41. The van der Waals surface area contributed by atoms with Crippen LogP contribution < -0.4 is 10.1 Å². The number of rotatable bonds is 4. The SMILES string of the molecule is CC(C)(C)NCc1ccnc(Oc2cncc(Br)c2)c1. The largest absolute Gasteiger partial charge is 0.437 e. The van der Waals surface area contributed by atoms with E-state index in [-0.39, 0.29) is 5.54 Å². The predicted octanol–water partition coefficient (Wildman–Crippen LogP) is 3.92. The van der Waals surface area contributed by atoms with Crippen molar-refractivity contribution in [2.45, 2.75) is 32.9 Å². The molecule has 0 saturated heterocycles. The molecule has 0 aliphatic carbocycles. The average molecular weight is 336 g/mol. The molecule has 2 rings (SSSR count). The molecule has 0 amide bonds. The van der Waals surface area contributed by atoms with E-state index in [0.717, 1.165) is 16.6 Å². The molecule has 0 radical (unpaired) electrons. The van der Waals surface area contributed by atoms with Crippen LogP contribution in [0.2, 0.25) is 0 Å².